The normalized spacial score (nSPS) is 20.1. The van der Waals surface area contributed by atoms with Crippen molar-refractivity contribution in [3.63, 3.8) is 0 Å². The van der Waals surface area contributed by atoms with Crippen molar-refractivity contribution in [2.45, 2.75) is 155 Å². The fourth-order valence-corrected chi connectivity index (χ4v) is 10.2. The van der Waals surface area contributed by atoms with Crippen molar-refractivity contribution in [2.24, 2.45) is 17.8 Å². The van der Waals surface area contributed by atoms with Gasteiger partial charge in [0.05, 0.1) is 18.1 Å². The van der Waals surface area contributed by atoms with Gasteiger partial charge in [-0.15, -0.1) is 23.5 Å². The molecule has 260 valence electrons. The molecule has 1 heterocycles. The molecule has 1 unspecified atom stereocenters. The van der Waals surface area contributed by atoms with E-state index in [0.29, 0.717) is 5.92 Å². The average molecular weight is 697 g/mol. The average Bonchev–Trinajstić information content (AvgIpc) is 2.90. The Morgan fingerprint density at radius 3 is 1.82 bits per heavy atom. The zero-order valence-electron chi connectivity index (χ0n) is 31.8. The Labute approximate surface area is 289 Å². The van der Waals surface area contributed by atoms with Gasteiger partial charge in [0, 0.05) is 12.3 Å². The van der Waals surface area contributed by atoms with Crippen LogP contribution >= 0.6 is 23.5 Å². The Bertz CT molecular complexity index is 1060. The van der Waals surface area contributed by atoms with Gasteiger partial charge in [-0.3, -0.25) is 9.59 Å². The number of allylic oxidation sites excluding steroid dienone is 3. The minimum absolute atomic E-state index is 0.00490. The van der Waals surface area contributed by atoms with Crippen molar-refractivity contribution < 1.29 is 18.4 Å². The van der Waals surface area contributed by atoms with Crippen LogP contribution in [0.5, 0.6) is 0 Å². The summed E-state index contributed by atoms with van der Waals surface area (Å²) in [4.78, 5) is 27.0. The highest BCUT2D eigenvalue weighted by Crippen LogP contribution is 2.44. The Morgan fingerprint density at radius 2 is 1.33 bits per heavy atom. The van der Waals surface area contributed by atoms with Gasteiger partial charge >= 0.3 is 0 Å². The molecule has 4 atom stereocenters. The third-order valence-electron chi connectivity index (χ3n) is 9.94. The molecule has 0 aromatic heterocycles. The second-order valence-electron chi connectivity index (χ2n) is 16.7. The molecule has 4 nitrogen and oxygen atoms in total. The highest BCUT2D eigenvalue weighted by Gasteiger charge is 2.43. The van der Waals surface area contributed by atoms with E-state index in [1.165, 1.54) is 5.57 Å². The van der Waals surface area contributed by atoms with Crippen LogP contribution in [0.15, 0.2) is 36.0 Å². The maximum absolute atomic E-state index is 13.6. The van der Waals surface area contributed by atoms with Crippen LogP contribution in [-0.4, -0.2) is 56.0 Å². The zero-order chi connectivity index (χ0) is 35.0. The smallest absolute Gasteiger partial charge is 0.192 e. The summed E-state index contributed by atoms with van der Waals surface area (Å²) >= 11 is 3.37. The summed E-state index contributed by atoms with van der Waals surface area (Å²) < 4.78 is 13.2. The summed E-state index contributed by atoms with van der Waals surface area (Å²) in [6.07, 6.45) is 12.7. The van der Waals surface area contributed by atoms with Crippen molar-refractivity contribution in [2.75, 3.05) is 11.5 Å². The molecule has 0 spiro atoms. The molecule has 0 bridgehead atoms. The van der Waals surface area contributed by atoms with E-state index in [0.717, 1.165) is 24.3 Å². The summed E-state index contributed by atoms with van der Waals surface area (Å²) in [5.41, 5.74) is 1.29. The quantitative estimate of drug-likeness (QED) is 0.0693. The largest absolute Gasteiger partial charge is 0.410 e. The van der Waals surface area contributed by atoms with Gasteiger partial charge in [-0.2, -0.15) is 0 Å². The van der Waals surface area contributed by atoms with Gasteiger partial charge in [-0.25, -0.2) is 0 Å². The lowest BCUT2D eigenvalue weighted by Crippen LogP contribution is -2.45. The molecule has 0 aromatic carbocycles. The highest BCUT2D eigenvalue weighted by molar-refractivity contribution is 8.19. The topological polar surface area (TPSA) is 52.6 Å². The maximum atomic E-state index is 13.6. The number of hydrogen-bond acceptors (Lipinski definition) is 6. The van der Waals surface area contributed by atoms with Crippen LogP contribution in [0.2, 0.25) is 36.3 Å². The predicted octanol–water partition coefficient (Wildman–Crippen LogP) is 11.3. The molecule has 45 heavy (non-hydrogen) atoms. The van der Waals surface area contributed by atoms with Crippen LogP contribution in [0, 0.1) is 17.8 Å². The minimum Gasteiger partial charge on any atom is -0.410 e. The molecule has 8 heteroatoms. The monoisotopic (exact) mass is 696 g/mol. The first kappa shape index (κ1) is 42.6. The van der Waals surface area contributed by atoms with Gasteiger partial charge < -0.3 is 8.85 Å². The first-order valence-corrected chi connectivity index (χ1v) is 24.9. The number of carbonyl (C=O) groups excluding carboxylic acids is 2. The first-order chi connectivity index (χ1) is 20.3. The molecule has 0 amide bonds. The number of hydrogen-bond donors (Lipinski definition) is 0. The maximum Gasteiger partial charge on any atom is 0.192 e. The SMILES string of the molecule is C/C(=C\CC(C)C)[C@H](O[Si](C)(C)C(C)(C)C)[C@H](C)/C=C/C=C\[C@H](CC(=O)C(C)C(=O)C1(C)SCCCS1)O[Si](C)(C)C(C)(C)C. The van der Waals surface area contributed by atoms with Crippen LogP contribution in [-0.2, 0) is 18.4 Å². The van der Waals surface area contributed by atoms with Crippen LogP contribution in [0.4, 0.5) is 0 Å². The molecule has 1 fully saturated rings. The summed E-state index contributed by atoms with van der Waals surface area (Å²) in [5, 5.41) is 0.128. The van der Waals surface area contributed by atoms with E-state index in [9.17, 15) is 9.59 Å². The lowest BCUT2D eigenvalue weighted by molar-refractivity contribution is -0.132. The summed E-state index contributed by atoms with van der Waals surface area (Å²) in [6, 6.07) is 0. The number of carbonyl (C=O) groups is 2. The summed E-state index contributed by atoms with van der Waals surface area (Å²) in [6.45, 7) is 35.3. The lowest BCUT2D eigenvalue weighted by atomic mass is 9.94. The Balaban J connectivity index is 3.25. The molecule has 1 saturated heterocycles. The Morgan fingerprint density at radius 1 is 0.844 bits per heavy atom. The van der Waals surface area contributed by atoms with Crippen LogP contribution in [0.25, 0.3) is 0 Å². The third kappa shape index (κ3) is 13.2. The molecule has 0 aromatic rings. The minimum atomic E-state index is -2.17. The van der Waals surface area contributed by atoms with E-state index in [2.05, 4.69) is 114 Å². The molecule has 0 N–H and O–H groups in total. The van der Waals surface area contributed by atoms with E-state index in [1.54, 1.807) is 30.4 Å². The van der Waals surface area contributed by atoms with Gasteiger partial charge in [-0.1, -0.05) is 92.7 Å². The molecule has 0 aliphatic carbocycles. The van der Waals surface area contributed by atoms with Gasteiger partial charge in [0.1, 0.15) is 9.86 Å². The summed E-state index contributed by atoms with van der Waals surface area (Å²) in [5.74, 6) is 2.08. The van der Waals surface area contributed by atoms with Crippen molar-refractivity contribution >= 4 is 51.7 Å². The highest BCUT2D eigenvalue weighted by atomic mass is 32.2. The molecule has 0 saturated carbocycles. The van der Waals surface area contributed by atoms with E-state index >= 15 is 0 Å². The molecule has 1 rings (SSSR count). The van der Waals surface area contributed by atoms with E-state index in [1.807, 2.05) is 19.1 Å². The van der Waals surface area contributed by atoms with Crippen molar-refractivity contribution in [1.29, 1.82) is 0 Å². The standard InChI is InChI=1S/C37H68O4S2Si2/c1-27(2)22-23-29(4)33(41-45(15,16)36(9,10)11)28(3)20-17-18-21-31(40-44(13,14)35(6,7)8)26-32(38)30(5)34(39)37(12)42-24-19-25-43-37/h17-18,20-21,23,27-28,30-31,33H,19,22,24-26H2,1-16H3/b20-17+,21-18-,29-23+/t28-,30?,31-,33-/m1/s1. The first-order valence-electron chi connectivity index (χ1n) is 17.1. The van der Waals surface area contributed by atoms with E-state index < -0.39 is 26.6 Å². The van der Waals surface area contributed by atoms with Crippen molar-refractivity contribution in [1.82, 2.24) is 0 Å². The number of ketones is 2. The second-order valence-corrected chi connectivity index (χ2v) is 29.5. The molecule has 1 aliphatic heterocycles. The van der Waals surface area contributed by atoms with Gasteiger partial charge in [0.15, 0.2) is 22.4 Å². The number of Topliss-reactive ketones (excluding diaryl/α,β-unsaturated/α-hetero) is 2. The third-order valence-corrected chi connectivity index (χ3v) is 22.1. The molecular formula is C37H68O4S2Si2. The fraction of sp³-hybridized carbons (Fsp3) is 0.784. The van der Waals surface area contributed by atoms with E-state index in [4.69, 9.17) is 8.85 Å². The molecular weight excluding hydrogens is 629 g/mol. The van der Waals surface area contributed by atoms with Crippen molar-refractivity contribution in [3.05, 3.63) is 36.0 Å². The van der Waals surface area contributed by atoms with E-state index in [-0.39, 0.29) is 46.2 Å². The fourth-order valence-electron chi connectivity index (χ4n) is 4.57. The predicted molar refractivity (Wildman–Crippen MR) is 207 cm³/mol. The van der Waals surface area contributed by atoms with Crippen molar-refractivity contribution in [3.8, 4) is 0 Å². The van der Waals surface area contributed by atoms with Crippen LogP contribution in [0.3, 0.4) is 0 Å². The zero-order valence-corrected chi connectivity index (χ0v) is 35.4. The molecule has 0 radical (unpaired) electrons. The number of thioether (sulfide) groups is 2. The van der Waals surface area contributed by atoms with Gasteiger partial charge in [0.2, 0.25) is 0 Å². The van der Waals surface area contributed by atoms with Gasteiger partial charge in [0.25, 0.3) is 0 Å². The summed E-state index contributed by atoms with van der Waals surface area (Å²) in [7, 11) is -4.16. The van der Waals surface area contributed by atoms with Crippen LogP contribution in [0.1, 0.15) is 102 Å². The van der Waals surface area contributed by atoms with Crippen LogP contribution < -0.4 is 0 Å². The molecule has 1 aliphatic rings. The Kier molecular flexibility index (Phi) is 16.4. The number of rotatable bonds is 16. The Hall–Kier alpha value is -0.386. The van der Waals surface area contributed by atoms with Gasteiger partial charge in [-0.05, 0) is 92.9 Å². The lowest BCUT2D eigenvalue weighted by Gasteiger charge is -2.41. The second kappa shape index (κ2) is 17.3.